The van der Waals surface area contributed by atoms with Gasteiger partial charge in [0, 0.05) is 0 Å². The zero-order valence-electron chi connectivity index (χ0n) is 11.3. The van der Waals surface area contributed by atoms with Gasteiger partial charge in [0.1, 0.15) is 0 Å². The number of nitrogens with two attached hydrogens (primary N) is 2. The number of thiocarbonyl (C=S) groups is 1. The molecule has 116 valence electrons. The van der Waals surface area contributed by atoms with Gasteiger partial charge < -0.3 is 5.73 Å². The van der Waals surface area contributed by atoms with Gasteiger partial charge in [-0.05, 0) is 43.4 Å². The average molecular weight is 340 g/mol. The molecule has 22 heavy (non-hydrogen) atoms. The minimum absolute atomic E-state index is 0.0277. The molecule has 0 saturated heterocycles. The minimum atomic E-state index is -3.76. The van der Waals surface area contributed by atoms with Crippen LogP contribution in [0.2, 0.25) is 0 Å². The van der Waals surface area contributed by atoms with Crippen LogP contribution in [0.3, 0.4) is 0 Å². The number of rotatable bonds is 3. The number of hydrogen-bond acceptors (Lipinski definition) is 7. The number of hydrogen-bond donors (Lipinski definition) is 3. The zero-order chi connectivity index (χ0) is 16.5. The fourth-order valence-electron chi connectivity index (χ4n) is 1.62. The van der Waals surface area contributed by atoms with Crippen molar-refractivity contribution in [2.75, 3.05) is 5.43 Å². The Balaban J connectivity index is 2.18. The maximum atomic E-state index is 11.9. The van der Waals surface area contributed by atoms with Gasteiger partial charge in [0.15, 0.2) is 10.8 Å². The van der Waals surface area contributed by atoms with Gasteiger partial charge >= 0.3 is 5.91 Å². The SMILES string of the molecule is CC1=NN(C(N)=S)C(=O)/C1=N/Nc1ccc(S(N)(=O)=O)cc1. The molecule has 0 unspecified atom stereocenters. The molecule has 1 aromatic carbocycles. The molecule has 0 fully saturated rings. The summed E-state index contributed by atoms with van der Waals surface area (Å²) >= 11 is 4.70. The van der Waals surface area contributed by atoms with Crippen LogP contribution in [0.15, 0.2) is 39.4 Å². The van der Waals surface area contributed by atoms with E-state index in [1.807, 2.05) is 0 Å². The Hall–Kier alpha value is -2.37. The number of anilines is 1. The lowest BCUT2D eigenvalue weighted by atomic mass is 10.2. The number of nitrogens with one attached hydrogen (secondary N) is 1. The minimum Gasteiger partial charge on any atom is -0.374 e. The first-order valence-electron chi connectivity index (χ1n) is 5.86. The molecule has 1 heterocycles. The predicted molar refractivity (Wildman–Crippen MR) is 85.6 cm³/mol. The van der Waals surface area contributed by atoms with Crippen molar-refractivity contribution in [1.82, 2.24) is 5.01 Å². The lowest BCUT2D eigenvalue weighted by molar-refractivity contribution is -0.119. The largest absolute Gasteiger partial charge is 0.374 e. The van der Waals surface area contributed by atoms with Crippen molar-refractivity contribution in [3.63, 3.8) is 0 Å². The van der Waals surface area contributed by atoms with E-state index < -0.39 is 15.9 Å². The van der Waals surface area contributed by atoms with E-state index in [0.717, 1.165) is 5.01 Å². The monoisotopic (exact) mass is 340 g/mol. The topological polar surface area (TPSA) is 143 Å². The van der Waals surface area contributed by atoms with E-state index in [0.29, 0.717) is 11.4 Å². The molecule has 1 amide bonds. The molecule has 0 atom stereocenters. The van der Waals surface area contributed by atoms with Crippen LogP contribution in [0.25, 0.3) is 0 Å². The second-order valence-corrected chi connectivity index (χ2v) is 6.26. The van der Waals surface area contributed by atoms with Gasteiger partial charge in [0.05, 0.1) is 16.3 Å². The molecule has 1 aromatic rings. The fourth-order valence-corrected chi connectivity index (χ4v) is 2.25. The van der Waals surface area contributed by atoms with Crippen molar-refractivity contribution in [2.24, 2.45) is 21.1 Å². The molecule has 2 rings (SSSR count). The average Bonchev–Trinajstić information content (AvgIpc) is 2.71. The first kappa shape index (κ1) is 16.0. The Morgan fingerprint density at radius 1 is 1.36 bits per heavy atom. The summed E-state index contributed by atoms with van der Waals surface area (Å²) in [5.41, 5.74) is 8.87. The molecule has 5 N–H and O–H groups in total. The predicted octanol–water partition coefficient (Wildman–Crippen LogP) is -0.436. The Kier molecular flexibility index (Phi) is 4.21. The summed E-state index contributed by atoms with van der Waals surface area (Å²) in [7, 11) is -3.76. The highest BCUT2D eigenvalue weighted by atomic mass is 32.2. The van der Waals surface area contributed by atoms with E-state index in [1.165, 1.54) is 24.3 Å². The van der Waals surface area contributed by atoms with Crippen LogP contribution in [0.5, 0.6) is 0 Å². The summed E-state index contributed by atoms with van der Waals surface area (Å²) in [5.74, 6) is -0.543. The van der Waals surface area contributed by atoms with Crippen molar-refractivity contribution in [1.29, 1.82) is 0 Å². The van der Waals surface area contributed by atoms with Crippen LogP contribution in [0.4, 0.5) is 5.69 Å². The van der Waals surface area contributed by atoms with Gasteiger partial charge in [-0.1, -0.05) is 0 Å². The number of carbonyl (C=O) groups excluding carboxylic acids is 1. The normalized spacial score (nSPS) is 16.8. The van der Waals surface area contributed by atoms with E-state index in [2.05, 4.69) is 15.6 Å². The first-order valence-corrected chi connectivity index (χ1v) is 7.81. The van der Waals surface area contributed by atoms with Crippen LogP contribution in [-0.4, -0.2) is 35.9 Å². The Morgan fingerprint density at radius 3 is 2.41 bits per heavy atom. The Morgan fingerprint density at radius 2 is 1.95 bits per heavy atom. The van der Waals surface area contributed by atoms with Gasteiger partial charge in [0.25, 0.3) is 0 Å². The van der Waals surface area contributed by atoms with Gasteiger partial charge in [-0.25, -0.2) is 13.6 Å². The number of hydrazone groups is 2. The number of benzene rings is 1. The highest BCUT2D eigenvalue weighted by Crippen LogP contribution is 2.13. The maximum absolute atomic E-state index is 11.9. The smallest absolute Gasteiger partial charge is 0.303 e. The van der Waals surface area contributed by atoms with Crippen LogP contribution in [0.1, 0.15) is 6.92 Å². The van der Waals surface area contributed by atoms with Gasteiger partial charge in [-0.15, -0.1) is 0 Å². The third-order valence-electron chi connectivity index (χ3n) is 2.68. The molecular weight excluding hydrogens is 328 g/mol. The van der Waals surface area contributed by atoms with Crippen molar-refractivity contribution in [3.8, 4) is 0 Å². The lowest BCUT2D eigenvalue weighted by Gasteiger charge is -2.07. The van der Waals surface area contributed by atoms with Gasteiger partial charge in [0.2, 0.25) is 10.0 Å². The molecule has 0 spiro atoms. The first-order chi connectivity index (χ1) is 10.2. The third kappa shape index (κ3) is 3.27. The molecule has 1 aliphatic rings. The highest BCUT2D eigenvalue weighted by molar-refractivity contribution is 7.89. The van der Waals surface area contributed by atoms with Crippen LogP contribution < -0.4 is 16.3 Å². The zero-order valence-corrected chi connectivity index (χ0v) is 13.0. The number of primary sulfonamides is 1. The van der Waals surface area contributed by atoms with E-state index in [-0.39, 0.29) is 15.7 Å². The van der Waals surface area contributed by atoms with E-state index in [9.17, 15) is 13.2 Å². The molecule has 0 bridgehead atoms. The molecule has 11 heteroatoms. The number of nitrogens with zero attached hydrogens (tertiary/aromatic N) is 3. The lowest BCUT2D eigenvalue weighted by Crippen LogP contribution is -2.36. The highest BCUT2D eigenvalue weighted by Gasteiger charge is 2.31. The van der Waals surface area contributed by atoms with Crippen LogP contribution in [-0.2, 0) is 14.8 Å². The fraction of sp³-hybridized carbons (Fsp3) is 0.0909. The molecule has 1 aliphatic heterocycles. The molecule has 9 nitrogen and oxygen atoms in total. The molecule has 0 aliphatic carbocycles. The van der Waals surface area contributed by atoms with Crippen molar-refractivity contribution in [3.05, 3.63) is 24.3 Å². The summed E-state index contributed by atoms with van der Waals surface area (Å²) in [6.45, 7) is 1.58. The van der Waals surface area contributed by atoms with Crippen molar-refractivity contribution in [2.45, 2.75) is 11.8 Å². The maximum Gasteiger partial charge on any atom is 0.303 e. The second-order valence-electron chi connectivity index (χ2n) is 4.28. The summed E-state index contributed by atoms with van der Waals surface area (Å²) in [5, 5.41) is 13.5. The number of carbonyl (C=O) groups is 1. The quantitative estimate of drug-likeness (QED) is 0.503. The summed E-state index contributed by atoms with van der Waals surface area (Å²) in [4.78, 5) is 11.9. The van der Waals surface area contributed by atoms with Crippen LogP contribution >= 0.6 is 12.2 Å². The van der Waals surface area contributed by atoms with Gasteiger partial charge in [-0.3, -0.25) is 10.2 Å². The molecular formula is C11H12N6O3S2. The summed E-state index contributed by atoms with van der Waals surface area (Å²) < 4.78 is 22.3. The molecule has 0 aromatic heterocycles. The Bertz CT molecular complexity index is 798. The summed E-state index contributed by atoms with van der Waals surface area (Å²) in [6, 6.07) is 5.55. The number of sulfonamides is 1. The van der Waals surface area contributed by atoms with Gasteiger partial charge in [-0.2, -0.15) is 15.2 Å². The summed E-state index contributed by atoms with van der Waals surface area (Å²) in [6.07, 6.45) is 0. The van der Waals surface area contributed by atoms with E-state index in [1.54, 1.807) is 6.92 Å². The molecule has 0 radical (unpaired) electrons. The van der Waals surface area contributed by atoms with Crippen molar-refractivity contribution >= 4 is 50.4 Å². The standard InChI is InChI=1S/C11H12N6O3S2/c1-6-9(10(18)17(16-6)11(12)21)15-14-7-2-4-8(5-3-7)22(13,19)20/h2-5,14H,1H3,(H2,12,21)(H2,13,19,20)/b15-9+. The molecule has 0 saturated carbocycles. The van der Waals surface area contributed by atoms with Crippen LogP contribution in [0, 0.1) is 0 Å². The van der Waals surface area contributed by atoms with E-state index >= 15 is 0 Å². The Labute approximate surface area is 131 Å². The second kappa shape index (κ2) is 5.79. The number of amides is 1. The third-order valence-corrected chi connectivity index (χ3v) is 3.78. The van der Waals surface area contributed by atoms with Crippen molar-refractivity contribution < 1.29 is 13.2 Å². The van der Waals surface area contributed by atoms with E-state index in [4.69, 9.17) is 23.1 Å².